The number of carbonyl (C=O) groups excluding carboxylic acids is 1. The molecule has 0 saturated carbocycles. The molecule has 1 aliphatic heterocycles. The maximum Gasteiger partial charge on any atom is 0.277 e. The van der Waals surface area contributed by atoms with E-state index in [2.05, 4.69) is 20.2 Å². The maximum atomic E-state index is 12.4. The average molecular weight is 357 g/mol. The SMILES string of the molecule is Cc1ccn2cc(C(=O)Nc3nc(CN4CCOCC4)cs3)nc2c1. The van der Waals surface area contributed by atoms with Gasteiger partial charge in [0.05, 0.1) is 18.9 Å². The molecule has 1 amide bonds. The van der Waals surface area contributed by atoms with Gasteiger partial charge in [0.25, 0.3) is 5.91 Å². The number of hydrogen-bond donors (Lipinski definition) is 1. The Hall–Kier alpha value is -2.29. The third-order valence-electron chi connectivity index (χ3n) is 4.11. The van der Waals surface area contributed by atoms with Gasteiger partial charge in [-0.25, -0.2) is 9.97 Å². The van der Waals surface area contributed by atoms with Crippen LogP contribution in [0.5, 0.6) is 0 Å². The lowest BCUT2D eigenvalue weighted by Gasteiger charge is -2.25. The predicted molar refractivity (Wildman–Crippen MR) is 96.1 cm³/mol. The Morgan fingerprint density at radius 1 is 1.36 bits per heavy atom. The molecule has 0 unspecified atom stereocenters. The predicted octanol–water partition coefficient (Wildman–Crippen LogP) is 2.18. The molecular weight excluding hydrogens is 338 g/mol. The Kier molecular flexibility index (Phi) is 4.48. The van der Waals surface area contributed by atoms with Crippen LogP contribution in [-0.4, -0.2) is 51.5 Å². The number of morpholine rings is 1. The third kappa shape index (κ3) is 3.71. The summed E-state index contributed by atoms with van der Waals surface area (Å²) in [5.74, 6) is -0.242. The molecule has 25 heavy (non-hydrogen) atoms. The average Bonchev–Trinajstić information content (AvgIpc) is 3.22. The fourth-order valence-electron chi connectivity index (χ4n) is 2.78. The van der Waals surface area contributed by atoms with E-state index in [1.807, 2.05) is 35.0 Å². The molecule has 3 aromatic rings. The normalized spacial score (nSPS) is 15.6. The monoisotopic (exact) mass is 357 g/mol. The number of fused-ring (bicyclic) bond motifs is 1. The zero-order chi connectivity index (χ0) is 17.2. The molecule has 0 spiro atoms. The van der Waals surface area contributed by atoms with Crippen molar-refractivity contribution < 1.29 is 9.53 Å². The number of aromatic nitrogens is 3. The first-order valence-corrected chi connectivity index (χ1v) is 9.06. The Labute approximate surface area is 149 Å². The van der Waals surface area contributed by atoms with E-state index in [0.29, 0.717) is 10.8 Å². The standard InChI is InChI=1S/C17H19N5O2S/c1-12-2-3-22-10-14(19-15(22)8-12)16(23)20-17-18-13(11-25-17)9-21-4-6-24-7-5-21/h2-3,8,10-11H,4-7,9H2,1H3,(H,18,20,23). The fourth-order valence-corrected chi connectivity index (χ4v) is 3.48. The van der Waals surface area contributed by atoms with Crippen LogP contribution in [0.25, 0.3) is 5.65 Å². The molecule has 0 radical (unpaired) electrons. The minimum Gasteiger partial charge on any atom is -0.379 e. The van der Waals surface area contributed by atoms with Crippen molar-refractivity contribution in [2.24, 2.45) is 0 Å². The molecule has 8 heteroatoms. The van der Waals surface area contributed by atoms with Crippen molar-refractivity contribution in [3.63, 3.8) is 0 Å². The zero-order valence-corrected chi connectivity index (χ0v) is 14.8. The van der Waals surface area contributed by atoms with Gasteiger partial charge in [-0.1, -0.05) is 0 Å². The van der Waals surface area contributed by atoms with Gasteiger partial charge in [-0.2, -0.15) is 0 Å². The molecular formula is C17H19N5O2S. The van der Waals surface area contributed by atoms with Crippen molar-refractivity contribution in [1.29, 1.82) is 0 Å². The first-order chi connectivity index (χ1) is 12.2. The van der Waals surface area contributed by atoms with E-state index in [1.54, 1.807) is 6.20 Å². The Bertz CT molecular complexity index is 897. The minimum atomic E-state index is -0.242. The van der Waals surface area contributed by atoms with Crippen molar-refractivity contribution in [1.82, 2.24) is 19.3 Å². The van der Waals surface area contributed by atoms with Gasteiger partial charge in [-0.15, -0.1) is 11.3 Å². The smallest absolute Gasteiger partial charge is 0.277 e. The Morgan fingerprint density at radius 3 is 3.04 bits per heavy atom. The van der Waals surface area contributed by atoms with E-state index >= 15 is 0 Å². The van der Waals surface area contributed by atoms with E-state index < -0.39 is 0 Å². The molecule has 4 heterocycles. The molecule has 1 fully saturated rings. The van der Waals surface area contributed by atoms with Crippen LogP contribution in [0.4, 0.5) is 5.13 Å². The van der Waals surface area contributed by atoms with E-state index in [9.17, 15) is 4.79 Å². The number of imidazole rings is 1. The number of carbonyl (C=O) groups is 1. The summed E-state index contributed by atoms with van der Waals surface area (Å²) >= 11 is 1.43. The van der Waals surface area contributed by atoms with Crippen molar-refractivity contribution in [2.45, 2.75) is 13.5 Å². The highest BCUT2D eigenvalue weighted by Gasteiger charge is 2.15. The fraction of sp³-hybridized carbons (Fsp3) is 0.353. The van der Waals surface area contributed by atoms with E-state index in [-0.39, 0.29) is 5.91 Å². The number of ether oxygens (including phenoxy) is 1. The highest BCUT2D eigenvalue weighted by molar-refractivity contribution is 7.13. The summed E-state index contributed by atoms with van der Waals surface area (Å²) < 4.78 is 7.19. The summed E-state index contributed by atoms with van der Waals surface area (Å²) in [6.07, 6.45) is 3.63. The van der Waals surface area contributed by atoms with Crippen LogP contribution in [0, 0.1) is 6.92 Å². The number of nitrogens with one attached hydrogen (secondary N) is 1. The van der Waals surface area contributed by atoms with Crippen LogP contribution in [-0.2, 0) is 11.3 Å². The largest absolute Gasteiger partial charge is 0.379 e. The van der Waals surface area contributed by atoms with Crippen LogP contribution in [0.1, 0.15) is 21.7 Å². The summed E-state index contributed by atoms with van der Waals surface area (Å²) in [6, 6.07) is 3.93. The molecule has 1 saturated heterocycles. The number of rotatable bonds is 4. The summed E-state index contributed by atoms with van der Waals surface area (Å²) in [5.41, 5.74) is 3.22. The molecule has 4 rings (SSSR count). The highest BCUT2D eigenvalue weighted by atomic mass is 32.1. The van der Waals surface area contributed by atoms with Gasteiger partial charge in [0.1, 0.15) is 11.3 Å². The summed E-state index contributed by atoms with van der Waals surface area (Å²) in [4.78, 5) is 23.6. The number of anilines is 1. The number of amides is 1. The van der Waals surface area contributed by atoms with Crippen molar-refractivity contribution in [3.8, 4) is 0 Å². The van der Waals surface area contributed by atoms with Gasteiger partial charge < -0.3 is 9.14 Å². The highest BCUT2D eigenvalue weighted by Crippen LogP contribution is 2.18. The molecule has 7 nitrogen and oxygen atoms in total. The van der Waals surface area contributed by atoms with E-state index in [0.717, 1.165) is 49.8 Å². The topological polar surface area (TPSA) is 71.8 Å². The lowest BCUT2D eigenvalue weighted by atomic mass is 10.3. The van der Waals surface area contributed by atoms with E-state index in [4.69, 9.17) is 4.74 Å². The van der Waals surface area contributed by atoms with Gasteiger partial charge in [0, 0.05) is 37.4 Å². The second kappa shape index (κ2) is 6.91. The van der Waals surface area contributed by atoms with Crippen molar-refractivity contribution >= 4 is 28.0 Å². The molecule has 0 bridgehead atoms. The molecule has 0 aliphatic carbocycles. The van der Waals surface area contributed by atoms with Gasteiger partial charge >= 0.3 is 0 Å². The Balaban J connectivity index is 1.43. The summed E-state index contributed by atoms with van der Waals surface area (Å²) in [7, 11) is 0. The number of hydrogen-bond acceptors (Lipinski definition) is 6. The Morgan fingerprint density at radius 2 is 2.20 bits per heavy atom. The first kappa shape index (κ1) is 16.2. The van der Waals surface area contributed by atoms with Crippen LogP contribution in [0.15, 0.2) is 29.9 Å². The second-order valence-corrected chi connectivity index (χ2v) is 6.94. The lowest BCUT2D eigenvalue weighted by molar-refractivity contribution is 0.0337. The summed E-state index contributed by atoms with van der Waals surface area (Å²) in [5, 5.41) is 5.42. The van der Waals surface area contributed by atoms with Gasteiger partial charge in [-0.3, -0.25) is 15.0 Å². The van der Waals surface area contributed by atoms with E-state index in [1.165, 1.54) is 11.3 Å². The quantitative estimate of drug-likeness (QED) is 0.775. The number of thiazole rings is 1. The van der Waals surface area contributed by atoms with Gasteiger partial charge in [0.2, 0.25) is 0 Å². The molecule has 0 atom stereocenters. The third-order valence-corrected chi connectivity index (χ3v) is 4.92. The molecule has 1 N–H and O–H groups in total. The number of pyridine rings is 1. The summed E-state index contributed by atoms with van der Waals surface area (Å²) in [6.45, 7) is 6.14. The molecule has 0 aromatic carbocycles. The van der Waals surface area contributed by atoms with Gasteiger partial charge in [0.15, 0.2) is 5.13 Å². The number of nitrogens with zero attached hydrogens (tertiary/aromatic N) is 4. The van der Waals surface area contributed by atoms with Gasteiger partial charge in [-0.05, 0) is 24.6 Å². The molecule has 1 aliphatic rings. The van der Waals surface area contributed by atoms with Crippen LogP contribution in [0.3, 0.4) is 0 Å². The lowest BCUT2D eigenvalue weighted by Crippen LogP contribution is -2.35. The number of aryl methyl sites for hydroxylation is 1. The molecule has 130 valence electrons. The van der Waals surface area contributed by atoms with Crippen LogP contribution < -0.4 is 5.32 Å². The minimum absolute atomic E-state index is 0.242. The van der Waals surface area contributed by atoms with Crippen molar-refractivity contribution in [2.75, 3.05) is 31.6 Å². The maximum absolute atomic E-state index is 12.4. The van der Waals surface area contributed by atoms with Crippen LogP contribution in [0.2, 0.25) is 0 Å². The zero-order valence-electron chi connectivity index (χ0n) is 13.9. The van der Waals surface area contributed by atoms with Crippen molar-refractivity contribution in [3.05, 3.63) is 46.9 Å². The second-order valence-electron chi connectivity index (χ2n) is 6.08. The van der Waals surface area contributed by atoms with Crippen LogP contribution >= 0.6 is 11.3 Å². The molecule has 3 aromatic heterocycles. The first-order valence-electron chi connectivity index (χ1n) is 8.18.